The summed E-state index contributed by atoms with van der Waals surface area (Å²) in [7, 11) is 1.61. The number of rotatable bonds is 7. The molecule has 3 aromatic rings. The monoisotopic (exact) mass is 627 g/mol. The Kier molecular flexibility index (Phi) is 7.73. The van der Waals surface area contributed by atoms with Gasteiger partial charge in [0.1, 0.15) is 24.1 Å². The molecule has 1 unspecified atom stereocenters. The second kappa shape index (κ2) is 11.2. The third-order valence-electron chi connectivity index (χ3n) is 9.34. The zero-order valence-electron chi connectivity index (χ0n) is 25.7. The smallest absolute Gasteiger partial charge is 0.353 e. The molecule has 0 aromatic carbocycles. The molecule has 5 heterocycles. The van der Waals surface area contributed by atoms with Crippen LogP contribution in [0.2, 0.25) is 0 Å². The van der Waals surface area contributed by atoms with Crippen molar-refractivity contribution in [3.63, 3.8) is 0 Å². The van der Waals surface area contributed by atoms with E-state index in [1.165, 1.54) is 13.0 Å². The number of methoxy groups -OCH3 is 1. The molecule has 6 rings (SSSR count). The van der Waals surface area contributed by atoms with Crippen molar-refractivity contribution in [2.24, 2.45) is 5.41 Å². The van der Waals surface area contributed by atoms with Gasteiger partial charge in [0, 0.05) is 55.0 Å². The second-order valence-corrected chi connectivity index (χ2v) is 12.6. The molecule has 0 bridgehead atoms. The molecule has 2 amide bonds. The third-order valence-corrected chi connectivity index (χ3v) is 9.34. The highest BCUT2D eigenvalue weighted by atomic mass is 19.4. The van der Waals surface area contributed by atoms with E-state index in [4.69, 9.17) is 9.72 Å². The Balaban J connectivity index is 1.27. The first-order valence-corrected chi connectivity index (χ1v) is 14.9. The standard InChI is InChI=1S/C31H36F3N7O4/c1-15-6-7-23(31(32,33)34)38-27(15)39-28(44)22-9-30(4)10-24(30)41(22)25(43)14-40-13-20(17(3)42)19-8-21(37-16(2)26(19)40)18-11-35-29(45-5)36-12-18/h6-8,13,18,22,24,29,35-36H,9-12,14H2,1-5H3,(H,38,39,44)/t18?,22-,24?,29?,30-/m0/s1. The van der Waals surface area contributed by atoms with Crippen LogP contribution in [0.4, 0.5) is 19.0 Å². The second-order valence-electron chi connectivity index (χ2n) is 12.6. The van der Waals surface area contributed by atoms with Gasteiger partial charge in [-0.05, 0) is 56.7 Å². The SMILES string of the molecule is COC1NCC(c2cc3c(C(C)=O)cn(CC(=O)N4C5C[C@]5(C)C[C@H]4C(=O)Nc4nc(C(F)(F)F)ccc4C)c3c(C)n2)CN1. The summed E-state index contributed by atoms with van der Waals surface area (Å²) in [5.74, 6) is -1.21. The van der Waals surface area contributed by atoms with E-state index < -0.39 is 23.8 Å². The largest absolute Gasteiger partial charge is 0.433 e. The fraction of sp³-hybridized carbons (Fsp3) is 0.516. The van der Waals surface area contributed by atoms with Crippen molar-refractivity contribution in [1.29, 1.82) is 0 Å². The summed E-state index contributed by atoms with van der Waals surface area (Å²) in [5, 5.41) is 9.76. The number of hydrogen-bond donors (Lipinski definition) is 3. The lowest BCUT2D eigenvalue weighted by Crippen LogP contribution is -2.52. The van der Waals surface area contributed by atoms with Crippen LogP contribution in [0.1, 0.15) is 65.6 Å². The van der Waals surface area contributed by atoms with Crippen LogP contribution in [0.5, 0.6) is 0 Å². The maximum atomic E-state index is 13.9. The van der Waals surface area contributed by atoms with E-state index in [9.17, 15) is 27.6 Å². The summed E-state index contributed by atoms with van der Waals surface area (Å²) >= 11 is 0. The van der Waals surface area contributed by atoms with Crippen LogP contribution in [0.3, 0.4) is 0 Å². The molecular formula is C31H36F3N7O4. The van der Waals surface area contributed by atoms with Crippen LogP contribution in [0.25, 0.3) is 10.9 Å². The van der Waals surface area contributed by atoms with E-state index in [-0.39, 0.29) is 47.8 Å². The fourth-order valence-electron chi connectivity index (χ4n) is 6.78. The van der Waals surface area contributed by atoms with Gasteiger partial charge in [0.05, 0.1) is 11.2 Å². The van der Waals surface area contributed by atoms with Crippen molar-refractivity contribution in [2.75, 3.05) is 25.5 Å². The lowest BCUT2D eigenvalue weighted by atomic mass is 10.00. The number of anilines is 1. The number of pyridine rings is 2. The molecule has 3 aromatic heterocycles. The number of aromatic nitrogens is 3. The zero-order chi connectivity index (χ0) is 32.4. The van der Waals surface area contributed by atoms with Crippen LogP contribution in [-0.2, 0) is 27.0 Å². The van der Waals surface area contributed by atoms with E-state index in [0.717, 1.165) is 18.2 Å². The summed E-state index contributed by atoms with van der Waals surface area (Å²) in [4.78, 5) is 50.2. The number of ketones is 1. The first-order chi connectivity index (χ1) is 21.2. The van der Waals surface area contributed by atoms with Gasteiger partial charge in [-0.15, -0.1) is 0 Å². The molecule has 3 N–H and O–H groups in total. The van der Waals surface area contributed by atoms with E-state index in [2.05, 4.69) is 20.9 Å². The maximum absolute atomic E-state index is 13.9. The summed E-state index contributed by atoms with van der Waals surface area (Å²) in [6, 6.07) is 2.97. The van der Waals surface area contributed by atoms with Gasteiger partial charge in [0.25, 0.3) is 0 Å². The summed E-state index contributed by atoms with van der Waals surface area (Å²) in [6.07, 6.45) is -2.14. The third kappa shape index (κ3) is 5.70. The molecule has 2 aliphatic heterocycles. The zero-order valence-corrected chi connectivity index (χ0v) is 25.7. The van der Waals surface area contributed by atoms with E-state index in [1.807, 2.05) is 19.9 Å². The van der Waals surface area contributed by atoms with Crippen molar-refractivity contribution in [1.82, 2.24) is 30.1 Å². The minimum Gasteiger partial charge on any atom is -0.353 e. The Morgan fingerprint density at radius 3 is 2.49 bits per heavy atom. The summed E-state index contributed by atoms with van der Waals surface area (Å²) in [5.41, 5.74) is 1.60. The fourth-order valence-corrected chi connectivity index (χ4v) is 6.78. The number of piperidine rings is 1. The highest BCUT2D eigenvalue weighted by Gasteiger charge is 2.64. The molecule has 2 saturated heterocycles. The lowest BCUT2D eigenvalue weighted by molar-refractivity contribution is -0.141. The van der Waals surface area contributed by atoms with Crippen molar-refractivity contribution in [3.8, 4) is 0 Å². The van der Waals surface area contributed by atoms with Crippen LogP contribution in [-0.4, -0.2) is 75.7 Å². The van der Waals surface area contributed by atoms with Crippen molar-refractivity contribution < 1.29 is 32.3 Å². The molecule has 3 fully saturated rings. The Morgan fingerprint density at radius 2 is 1.84 bits per heavy atom. The predicted molar refractivity (Wildman–Crippen MR) is 158 cm³/mol. The number of fused-ring (bicyclic) bond motifs is 2. The summed E-state index contributed by atoms with van der Waals surface area (Å²) in [6.45, 7) is 8.00. The van der Waals surface area contributed by atoms with E-state index in [0.29, 0.717) is 47.2 Å². The Labute approximate surface area is 257 Å². The first-order valence-electron chi connectivity index (χ1n) is 14.9. The number of likely N-dealkylation sites (tertiary alicyclic amines) is 1. The van der Waals surface area contributed by atoms with Gasteiger partial charge in [0.2, 0.25) is 11.8 Å². The number of halogens is 3. The quantitative estimate of drug-likeness (QED) is 0.340. The molecule has 14 heteroatoms. The molecule has 11 nitrogen and oxygen atoms in total. The Morgan fingerprint density at radius 1 is 1.13 bits per heavy atom. The number of nitrogens with zero attached hydrogens (tertiary/aromatic N) is 4. The average Bonchev–Trinajstić information content (AvgIpc) is 3.33. The molecule has 3 atom stereocenters. The number of aryl methyl sites for hydroxylation is 2. The molecule has 1 saturated carbocycles. The average molecular weight is 628 g/mol. The van der Waals surface area contributed by atoms with Gasteiger partial charge in [-0.25, -0.2) is 4.98 Å². The van der Waals surface area contributed by atoms with E-state index >= 15 is 0 Å². The number of hydrogen-bond acceptors (Lipinski definition) is 8. The predicted octanol–water partition coefficient (Wildman–Crippen LogP) is 3.49. The molecule has 3 aliphatic rings. The normalized spacial score (nSPS) is 26.2. The molecule has 0 spiro atoms. The van der Waals surface area contributed by atoms with Gasteiger partial charge in [-0.1, -0.05) is 13.0 Å². The number of carbonyl (C=O) groups is 3. The topological polar surface area (TPSA) is 130 Å². The molecular weight excluding hydrogens is 591 g/mol. The molecule has 0 radical (unpaired) electrons. The van der Waals surface area contributed by atoms with E-state index in [1.54, 1.807) is 29.7 Å². The van der Waals surface area contributed by atoms with Crippen LogP contribution in [0.15, 0.2) is 24.4 Å². The van der Waals surface area contributed by atoms with Crippen molar-refractivity contribution in [2.45, 2.75) is 77.6 Å². The number of carbonyl (C=O) groups excluding carboxylic acids is 3. The number of amides is 2. The number of ether oxygens (including phenoxy) is 1. The van der Waals surface area contributed by atoms with Crippen LogP contribution < -0.4 is 16.0 Å². The number of alkyl halides is 3. The lowest BCUT2D eigenvalue weighted by Gasteiger charge is -2.30. The highest BCUT2D eigenvalue weighted by molar-refractivity contribution is 6.08. The maximum Gasteiger partial charge on any atom is 0.433 e. The minimum atomic E-state index is -4.67. The number of nitrogens with one attached hydrogen (secondary N) is 3. The number of Topliss-reactive ketones (excluding diaryl/α,β-unsaturated/α-hetero) is 1. The van der Waals surface area contributed by atoms with Gasteiger partial charge in [-0.2, -0.15) is 13.2 Å². The van der Waals surface area contributed by atoms with Gasteiger partial charge in [-0.3, -0.25) is 30.0 Å². The van der Waals surface area contributed by atoms with Gasteiger partial charge >= 0.3 is 6.18 Å². The Hall–Kier alpha value is -3.88. The van der Waals surface area contributed by atoms with Crippen LogP contribution >= 0.6 is 0 Å². The highest BCUT2D eigenvalue weighted by Crippen LogP contribution is 2.59. The molecule has 240 valence electrons. The first kappa shape index (κ1) is 31.1. The van der Waals surface area contributed by atoms with Gasteiger partial charge in [0.15, 0.2) is 12.1 Å². The van der Waals surface area contributed by atoms with Crippen molar-refractivity contribution >= 4 is 34.3 Å². The van der Waals surface area contributed by atoms with Crippen molar-refractivity contribution in [3.05, 3.63) is 52.6 Å². The Bertz CT molecular complexity index is 1700. The van der Waals surface area contributed by atoms with Gasteiger partial charge < -0.3 is 19.5 Å². The molecule has 1 aliphatic carbocycles. The minimum absolute atomic E-state index is 0.0376. The summed E-state index contributed by atoms with van der Waals surface area (Å²) < 4.78 is 46.9. The molecule has 45 heavy (non-hydrogen) atoms. The van der Waals surface area contributed by atoms with Crippen LogP contribution in [0, 0.1) is 19.3 Å².